The third-order valence-electron chi connectivity index (χ3n) is 1.16. The smallest absolute Gasteiger partial charge is 0.241 e. The Labute approximate surface area is 65.4 Å². The van der Waals surface area contributed by atoms with Crippen LogP contribution in [0.2, 0.25) is 5.15 Å². The predicted octanol–water partition coefficient (Wildman–Crippen LogP) is 0.774. The van der Waals surface area contributed by atoms with Gasteiger partial charge in [0.2, 0.25) is 6.08 Å². The molecule has 0 N–H and O–H groups in total. The Morgan fingerprint density at radius 1 is 1.45 bits per heavy atom. The number of fused-ring (bicyclic) bond motifs is 1. The Kier molecular flexibility index (Phi) is 1.25. The molecule has 0 aliphatic rings. The summed E-state index contributed by atoms with van der Waals surface area (Å²) in [7, 11) is 0. The molecule has 0 atom stereocenters. The van der Waals surface area contributed by atoms with Crippen molar-refractivity contribution in [1.29, 1.82) is 0 Å². The van der Waals surface area contributed by atoms with Gasteiger partial charge in [0, 0.05) is 11.2 Å². The first kappa shape index (κ1) is 6.48. The summed E-state index contributed by atoms with van der Waals surface area (Å²) < 4.78 is 12.4. The van der Waals surface area contributed by atoms with Gasteiger partial charge in [0.05, 0.1) is 0 Å². The average Bonchev–Trinajstić information content (AvgIpc) is 2.34. The molecule has 0 bridgehead atoms. The number of rotatable bonds is 0. The Hall–Kier alpha value is -1.23. The molecule has 0 saturated heterocycles. The first-order chi connectivity index (χ1) is 5.27. The fraction of sp³-hybridized carbons (Fsp3) is 0. The van der Waals surface area contributed by atoms with Gasteiger partial charge in [-0.15, -0.1) is 0 Å². The van der Waals surface area contributed by atoms with Crippen molar-refractivity contribution in [1.82, 2.24) is 19.9 Å². The van der Waals surface area contributed by atoms with Crippen molar-refractivity contribution in [3.63, 3.8) is 0 Å². The van der Waals surface area contributed by atoms with Gasteiger partial charge in [-0.1, -0.05) is 11.6 Å². The van der Waals surface area contributed by atoms with Gasteiger partial charge in [-0.05, 0) is 6.33 Å². The summed E-state index contributed by atoms with van der Waals surface area (Å²) >= 11 is 5.51. The molecule has 56 valence electrons. The van der Waals surface area contributed by atoms with E-state index in [0.717, 1.165) is 0 Å². The topological polar surface area (TPSA) is 52.8 Å². The third-order valence-corrected chi connectivity index (χ3v) is 1.43. The zero-order valence-corrected chi connectivity index (χ0v) is 5.88. The van der Waals surface area contributed by atoms with E-state index < -0.39 is 6.08 Å². The molecule has 2 heterocycles. The standard InChI is InChI=1S/C5HClFN4/c6-3-2-4(9-1-8-2)11-5(7)10-3/h1H/q-1. The van der Waals surface area contributed by atoms with Gasteiger partial charge in [-0.2, -0.15) is 4.39 Å². The summed E-state index contributed by atoms with van der Waals surface area (Å²) in [5.74, 6) is 0. The van der Waals surface area contributed by atoms with Crippen LogP contribution in [0.15, 0.2) is 6.33 Å². The third kappa shape index (κ3) is 0.932. The van der Waals surface area contributed by atoms with Gasteiger partial charge in [-0.25, -0.2) is 4.98 Å². The monoisotopic (exact) mass is 171 g/mol. The van der Waals surface area contributed by atoms with Crippen LogP contribution >= 0.6 is 11.6 Å². The normalized spacial score (nSPS) is 10.7. The fourth-order valence-electron chi connectivity index (χ4n) is 0.734. The Bertz CT molecular complexity index is 398. The highest BCUT2D eigenvalue weighted by molar-refractivity contribution is 6.33. The molecule has 0 radical (unpaired) electrons. The fourth-order valence-corrected chi connectivity index (χ4v) is 0.937. The van der Waals surface area contributed by atoms with Crippen LogP contribution in [0.25, 0.3) is 11.2 Å². The van der Waals surface area contributed by atoms with E-state index in [1.54, 1.807) is 0 Å². The maximum absolute atomic E-state index is 12.4. The van der Waals surface area contributed by atoms with Gasteiger partial charge >= 0.3 is 0 Å². The van der Waals surface area contributed by atoms with Crippen LogP contribution in [0.5, 0.6) is 0 Å². The van der Waals surface area contributed by atoms with E-state index in [1.807, 2.05) is 0 Å². The first-order valence-electron chi connectivity index (χ1n) is 2.74. The average molecular weight is 172 g/mol. The Morgan fingerprint density at radius 3 is 3.09 bits per heavy atom. The van der Waals surface area contributed by atoms with Crippen LogP contribution in [0.1, 0.15) is 0 Å². The molecule has 0 spiro atoms. The second-order valence-corrected chi connectivity index (χ2v) is 2.19. The molecule has 0 saturated carbocycles. The lowest BCUT2D eigenvalue weighted by atomic mass is 10.6. The van der Waals surface area contributed by atoms with E-state index in [1.165, 1.54) is 6.33 Å². The van der Waals surface area contributed by atoms with Crippen LogP contribution in [-0.4, -0.2) is 15.0 Å². The van der Waals surface area contributed by atoms with E-state index in [9.17, 15) is 4.39 Å². The highest BCUT2D eigenvalue weighted by Gasteiger charge is 1.98. The van der Waals surface area contributed by atoms with E-state index in [4.69, 9.17) is 11.6 Å². The number of aromatic nitrogens is 4. The zero-order chi connectivity index (χ0) is 7.84. The van der Waals surface area contributed by atoms with Gasteiger partial charge in [0.15, 0.2) is 0 Å². The molecule has 0 aliphatic carbocycles. The van der Waals surface area contributed by atoms with Crippen LogP contribution in [-0.2, 0) is 0 Å². The number of nitrogens with zero attached hydrogens (tertiary/aromatic N) is 4. The summed E-state index contributed by atoms with van der Waals surface area (Å²) in [5, 5.41) is -0.00926. The van der Waals surface area contributed by atoms with Crippen molar-refractivity contribution < 1.29 is 4.39 Å². The van der Waals surface area contributed by atoms with Crippen molar-refractivity contribution >= 4 is 22.8 Å². The number of hydrogen-bond acceptors (Lipinski definition) is 3. The highest BCUT2D eigenvalue weighted by Crippen LogP contribution is 2.14. The van der Waals surface area contributed by atoms with Crippen LogP contribution in [0.4, 0.5) is 4.39 Å². The lowest BCUT2D eigenvalue weighted by Crippen LogP contribution is -1.90. The number of hydrogen-bond donors (Lipinski definition) is 0. The van der Waals surface area contributed by atoms with Gasteiger partial charge < -0.3 is 15.0 Å². The second-order valence-electron chi connectivity index (χ2n) is 1.83. The molecule has 4 nitrogen and oxygen atoms in total. The minimum atomic E-state index is -0.886. The van der Waals surface area contributed by atoms with Crippen molar-refractivity contribution in [2.45, 2.75) is 0 Å². The molecule has 6 heteroatoms. The van der Waals surface area contributed by atoms with E-state index in [0.29, 0.717) is 5.52 Å². The summed E-state index contributed by atoms with van der Waals surface area (Å²) in [6.45, 7) is 0. The number of imidazole rings is 1. The molecule has 0 unspecified atom stereocenters. The molecule has 0 fully saturated rings. The molecule has 0 aromatic carbocycles. The Balaban J connectivity index is 2.91. The van der Waals surface area contributed by atoms with E-state index >= 15 is 0 Å². The first-order valence-corrected chi connectivity index (χ1v) is 3.11. The largest absolute Gasteiger partial charge is 0.365 e. The molecule has 11 heavy (non-hydrogen) atoms. The van der Waals surface area contributed by atoms with Gasteiger partial charge in [0.1, 0.15) is 5.15 Å². The van der Waals surface area contributed by atoms with Crippen LogP contribution < -0.4 is 4.98 Å². The van der Waals surface area contributed by atoms with E-state index in [-0.39, 0.29) is 10.8 Å². The van der Waals surface area contributed by atoms with Crippen LogP contribution in [0, 0.1) is 6.08 Å². The molecule has 2 aromatic heterocycles. The molecular weight excluding hydrogens is 171 g/mol. The highest BCUT2D eigenvalue weighted by atomic mass is 35.5. The van der Waals surface area contributed by atoms with Gasteiger partial charge in [-0.3, -0.25) is 0 Å². The van der Waals surface area contributed by atoms with Crippen molar-refractivity contribution in [3.05, 3.63) is 17.6 Å². The minimum Gasteiger partial charge on any atom is -0.365 e. The zero-order valence-electron chi connectivity index (χ0n) is 5.12. The summed E-state index contributed by atoms with van der Waals surface area (Å²) in [5.41, 5.74) is 0.510. The molecule has 0 aliphatic heterocycles. The maximum atomic E-state index is 12.4. The SMILES string of the molecule is Fc1nc(Cl)c2nc[n-]c2n1. The van der Waals surface area contributed by atoms with Gasteiger partial charge in [0.25, 0.3) is 0 Å². The minimum absolute atomic E-state index is 0.00926. The summed E-state index contributed by atoms with van der Waals surface area (Å²) in [6, 6.07) is 0. The molecule has 0 amide bonds. The summed E-state index contributed by atoms with van der Waals surface area (Å²) in [6.07, 6.45) is 0.369. The predicted molar refractivity (Wildman–Crippen MR) is 35.6 cm³/mol. The molecular formula is C5HClFN4-. The number of halogens is 2. The second kappa shape index (κ2) is 2.13. The Morgan fingerprint density at radius 2 is 2.27 bits per heavy atom. The molecule has 2 aromatic rings. The van der Waals surface area contributed by atoms with Crippen LogP contribution in [0.3, 0.4) is 0 Å². The quantitative estimate of drug-likeness (QED) is 0.434. The molecule has 2 rings (SSSR count). The van der Waals surface area contributed by atoms with Crippen molar-refractivity contribution in [2.24, 2.45) is 0 Å². The lowest BCUT2D eigenvalue weighted by Gasteiger charge is -1.97. The lowest BCUT2D eigenvalue weighted by molar-refractivity contribution is 0.544. The maximum Gasteiger partial charge on any atom is 0.241 e. The summed E-state index contributed by atoms with van der Waals surface area (Å²) in [4.78, 5) is 14.0. The van der Waals surface area contributed by atoms with E-state index in [2.05, 4.69) is 19.9 Å². The van der Waals surface area contributed by atoms with Crippen molar-refractivity contribution in [3.8, 4) is 0 Å². The van der Waals surface area contributed by atoms with Crippen molar-refractivity contribution in [2.75, 3.05) is 0 Å².